The Morgan fingerprint density at radius 3 is 2.06 bits per heavy atom. The second-order valence-electron chi connectivity index (χ2n) is 9.86. The van der Waals surface area contributed by atoms with E-state index in [-0.39, 0.29) is 31.0 Å². The van der Waals surface area contributed by atoms with Crippen LogP contribution in [0.2, 0.25) is 0 Å². The Kier molecular flexibility index (Phi) is 6.15. The third kappa shape index (κ3) is 4.87. The number of amides is 2. The van der Waals surface area contributed by atoms with Crippen LogP contribution in [-0.2, 0) is 14.3 Å². The van der Waals surface area contributed by atoms with E-state index in [1.54, 1.807) is 0 Å². The number of ether oxygens (including phenoxy) is 1. The number of rotatable bonds is 7. The SMILES string of the molecule is CC(C)(C)C(NC(=O)OCC1c2ccccc2-c2ccccc21)C(=O)N(CC(=O)O)C1CC1. The summed E-state index contributed by atoms with van der Waals surface area (Å²) >= 11 is 0. The summed E-state index contributed by atoms with van der Waals surface area (Å²) in [6.45, 7) is 5.29. The van der Waals surface area contributed by atoms with Crippen molar-refractivity contribution in [2.24, 2.45) is 5.41 Å². The quantitative estimate of drug-likeness (QED) is 0.664. The van der Waals surface area contributed by atoms with Crippen molar-refractivity contribution in [2.45, 2.75) is 51.6 Å². The summed E-state index contributed by atoms with van der Waals surface area (Å²) in [5.74, 6) is -1.54. The molecule has 1 fully saturated rings. The molecular formula is C26H30N2O5. The lowest BCUT2D eigenvalue weighted by atomic mass is 9.85. The maximum Gasteiger partial charge on any atom is 0.407 e. The van der Waals surface area contributed by atoms with Crippen molar-refractivity contribution in [3.63, 3.8) is 0 Å². The fourth-order valence-corrected chi connectivity index (χ4v) is 4.49. The van der Waals surface area contributed by atoms with Crippen molar-refractivity contribution in [3.05, 3.63) is 59.7 Å². The number of nitrogens with zero attached hydrogens (tertiary/aromatic N) is 1. The number of hydrogen-bond acceptors (Lipinski definition) is 4. The normalized spacial score (nSPS) is 15.8. The molecule has 2 aliphatic carbocycles. The van der Waals surface area contributed by atoms with Gasteiger partial charge in [0.2, 0.25) is 5.91 Å². The van der Waals surface area contributed by atoms with Gasteiger partial charge in [0.05, 0.1) is 0 Å². The van der Waals surface area contributed by atoms with Crippen LogP contribution in [0.15, 0.2) is 48.5 Å². The average Bonchev–Trinajstić information content (AvgIpc) is 3.56. The molecule has 1 saturated carbocycles. The minimum atomic E-state index is -1.07. The van der Waals surface area contributed by atoms with Crippen LogP contribution < -0.4 is 5.32 Å². The number of aliphatic carboxylic acids is 1. The van der Waals surface area contributed by atoms with E-state index in [9.17, 15) is 19.5 Å². The van der Waals surface area contributed by atoms with Gasteiger partial charge < -0.3 is 20.1 Å². The van der Waals surface area contributed by atoms with Gasteiger partial charge in [0, 0.05) is 12.0 Å². The number of nitrogens with one attached hydrogen (secondary N) is 1. The number of fused-ring (bicyclic) bond motifs is 3. The van der Waals surface area contributed by atoms with Crippen molar-refractivity contribution in [2.75, 3.05) is 13.2 Å². The summed E-state index contributed by atoms with van der Waals surface area (Å²) in [5.41, 5.74) is 3.87. The molecule has 2 aromatic rings. The van der Waals surface area contributed by atoms with Crippen LogP contribution in [0.5, 0.6) is 0 Å². The molecule has 33 heavy (non-hydrogen) atoms. The van der Waals surface area contributed by atoms with Gasteiger partial charge in [-0.3, -0.25) is 9.59 Å². The number of hydrogen-bond donors (Lipinski definition) is 2. The number of alkyl carbamates (subject to hydrolysis) is 1. The van der Waals surface area contributed by atoms with E-state index in [2.05, 4.69) is 17.4 Å². The highest BCUT2D eigenvalue weighted by Crippen LogP contribution is 2.44. The Bertz CT molecular complexity index is 1020. The van der Waals surface area contributed by atoms with Crippen molar-refractivity contribution in [3.8, 4) is 11.1 Å². The first-order valence-corrected chi connectivity index (χ1v) is 11.3. The lowest BCUT2D eigenvalue weighted by Gasteiger charge is -2.34. The molecule has 2 aliphatic rings. The smallest absolute Gasteiger partial charge is 0.407 e. The minimum absolute atomic E-state index is 0.0808. The molecule has 0 heterocycles. The highest BCUT2D eigenvalue weighted by molar-refractivity contribution is 5.89. The monoisotopic (exact) mass is 450 g/mol. The minimum Gasteiger partial charge on any atom is -0.480 e. The molecule has 0 aliphatic heterocycles. The maximum absolute atomic E-state index is 13.2. The fraction of sp³-hybridized carbons (Fsp3) is 0.423. The molecule has 2 aromatic carbocycles. The third-order valence-corrected chi connectivity index (χ3v) is 6.30. The highest BCUT2D eigenvalue weighted by atomic mass is 16.5. The number of benzene rings is 2. The Morgan fingerprint density at radius 1 is 1.03 bits per heavy atom. The van der Waals surface area contributed by atoms with E-state index >= 15 is 0 Å². The maximum atomic E-state index is 13.2. The van der Waals surface area contributed by atoms with E-state index in [0.29, 0.717) is 0 Å². The number of carboxylic acid groups (broad SMARTS) is 1. The molecule has 7 nitrogen and oxygen atoms in total. The molecule has 1 unspecified atom stereocenters. The topological polar surface area (TPSA) is 95.9 Å². The molecule has 7 heteroatoms. The van der Waals surface area contributed by atoms with E-state index in [1.807, 2.05) is 57.2 Å². The van der Waals surface area contributed by atoms with Crippen LogP contribution in [0.4, 0.5) is 4.79 Å². The Balaban J connectivity index is 1.47. The van der Waals surface area contributed by atoms with Crippen molar-refractivity contribution >= 4 is 18.0 Å². The van der Waals surface area contributed by atoms with Gasteiger partial charge in [-0.25, -0.2) is 4.79 Å². The molecule has 174 valence electrons. The number of carbonyl (C=O) groups excluding carboxylic acids is 2. The molecule has 4 rings (SSSR count). The van der Waals surface area contributed by atoms with Gasteiger partial charge in [0.25, 0.3) is 0 Å². The van der Waals surface area contributed by atoms with E-state index in [1.165, 1.54) is 4.90 Å². The number of carbonyl (C=O) groups is 3. The molecule has 0 radical (unpaired) electrons. The second-order valence-corrected chi connectivity index (χ2v) is 9.86. The van der Waals surface area contributed by atoms with Crippen LogP contribution in [0, 0.1) is 5.41 Å². The predicted molar refractivity (Wildman–Crippen MR) is 124 cm³/mol. The van der Waals surface area contributed by atoms with Gasteiger partial charge in [-0.05, 0) is 40.5 Å². The van der Waals surface area contributed by atoms with Crippen LogP contribution in [0.25, 0.3) is 11.1 Å². The molecule has 1 atom stereocenters. The van der Waals surface area contributed by atoms with Gasteiger partial charge in [0.15, 0.2) is 0 Å². The molecule has 0 saturated heterocycles. The molecule has 0 aromatic heterocycles. The van der Waals surface area contributed by atoms with Gasteiger partial charge >= 0.3 is 12.1 Å². The molecule has 0 spiro atoms. The second kappa shape index (κ2) is 8.89. The molecule has 2 N–H and O–H groups in total. The Hall–Kier alpha value is -3.35. The summed E-state index contributed by atoms with van der Waals surface area (Å²) in [6, 6.07) is 15.2. The van der Waals surface area contributed by atoms with Gasteiger partial charge in [-0.2, -0.15) is 0 Å². The van der Waals surface area contributed by atoms with E-state index in [0.717, 1.165) is 35.1 Å². The van der Waals surface area contributed by atoms with Crippen molar-refractivity contribution < 1.29 is 24.2 Å². The Labute approximate surface area is 193 Å². The van der Waals surface area contributed by atoms with Crippen molar-refractivity contribution in [1.29, 1.82) is 0 Å². The highest BCUT2D eigenvalue weighted by Gasteiger charge is 2.42. The zero-order valence-corrected chi connectivity index (χ0v) is 19.2. The van der Waals surface area contributed by atoms with Gasteiger partial charge in [-0.15, -0.1) is 0 Å². The van der Waals surface area contributed by atoms with E-state index in [4.69, 9.17) is 4.74 Å². The summed E-state index contributed by atoms with van der Waals surface area (Å²) < 4.78 is 5.62. The average molecular weight is 451 g/mol. The van der Waals surface area contributed by atoms with Gasteiger partial charge in [0.1, 0.15) is 19.2 Å². The zero-order valence-electron chi connectivity index (χ0n) is 19.2. The molecule has 2 amide bonds. The predicted octanol–water partition coefficient (Wildman–Crippen LogP) is 4.02. The van der Waals surface area contributed by atoms with Gasteiger partial charge in [-0.1, -0.05) is 69.3 Å². The standard InChI is InChI=1S/C26H30N2O5/c1-26(2,3)23(24(31)28(14-22(29)30)16-12-13-16)27-25(32)33-15-21-19-10-6-4-8-17(19)18-9-5-7-11-20(18)21/h4-11,16,21,23H,12-15H2,1-3H3,(H,27,32)(H,29,30). The first-order valence-electron chi connectivity index (χ1n) is 11.3. The summed E-state index contributed by atoms with van der Waals surface area (Å²) in [5, 5.41) is 12.0. The van der Waals surface area contributed by atoms with Crippen LogP contribution in [-0.4, -0.2) is 53.2 Å². The number of carboxylic acids is 1. The Morgan fingerprint density at radius 2 is 1.58 bits per heavy atom. The lowest BCUT2D eigenvalue weighted by molar-refractivity contribution is -0.147. The zero-order chi connectivity index (χ0) is 23.8. The fourth-order valence-electron chi connectivity index (χ4n) is 4.49. The summed E-state index contributed by atoms with van der Waals surface area (Å²) in [7, 11) is 0. The lowest BCUT2D eigenvalue weighted by Crippen LogP contribution is -2.56. The summed E-state index contributed by atoms with van der Waals surface area (Å²) in [6.07, 6.45) is 0.873. The van der Waals surface area contributed by atoms with Crippen molar-refractivity contribution in [1.82, 2.24) is 10.2 Å². The first-order chi connectivity index (χ1) is 15.7. The molecular weight excluding hydrogens is 420 g/mol. The van der Waals surface area contributed by atoms with E-state index < -0.39 is 23.5 Å². The van der Waals surface area contributed by atoms with Crippen LogP contribution in [0.1, 0.15) is 50.7 Å². The third-order valence-electron chi connectivity index (χ3n) is 6.30. The van der Waals surface area contributed by atoms with Crippen LogP contribution >= 0.6 is 0 Å². The first kappa shape index (κ1) is 22.8. The summed E-state index contributed by atoms with van der Waals surface area (Å²) in [4.78, 5) is 38.7. The van der Waals surface area contributed by atoms with Crippen LogP contribution in [0.3, 0.4) is 0 Å². The largest absolute Gasteiger partial charge is 0.480 e. The molecule has 0 bridgehead atoms.